The van der Waals surface area contributed by atoms with E-state index in [0.29, 0.717) is 5.92 Å². The third kappa shape index (κ3) is 3.54. The number of hydrogen-bond acceptors (Lipinski definition) is 1. The maximum absolute atomic E-state index is 12.4. The second-order valence-electron chi connectivity index (χ2n) is 5.99. The number of hydrogen-bond donors (Lipinski definition) is 0. The average Bonchev–Trinajstić information content (AvgIpc) is 2.55. The number of rotatable bonds is 3. The Morgan fingerprint density at radius 1 is 0.773 bits per heavy atom. The number of allylic oxidation sites excluding steroid dienone is 2. The highest BCUT2D eigenvalue weighted by Crippen LogP contribution is 2.29. The summed E-state index contributed by atoms with van der Waals surface area (Å²) >= 11 is 0. The van der Waals surface area contributed by atoms with E-state index in [0.717, 1.165) is 17.5 Å². The molecule has 0 saturated carbocycles. The van der Waals surface area contributed by atoms with Gasteiger partial charge in [0.05, 0.1) is 0 Å². The van der Waals surface area contributed by atoms with Crippen molar-refractivity contribution in [3.63, 3.8) is 0 Å². The van der Waals surface area contributed by atoms with Crippen LogP contribution in [0.1, 0.15) is 59.5 Å². The van der Waals surface area contributed by atoms with E-state index in [4.69, 9.17) is 0 Å². The van der Waals surface area contributed by atoms with Crippen molar-refractivity contribution in [2.75, 3.05) is 0 Å². The number of benzene rings is 2. The highest BCUT2D eigenvalue weighted by Gasteiger charge is 2.13. The van der Waals surface area contributed by atoms with Crippen LogP contribution < -0.4 is 0 Å². The Kier molecular flexibility index (Phi) is 4.85. The van der Waals surface area contributed by atoms with E-state index >= 15 is 0 Å². The molecule has 0 saturated heterocycles. The Bertz CT molecular complexity index is 637. The fourth-order valence-corrected chi connectivity index (χ4v) is 3.16. The van der Waals surface area contributed by atoms with Crippen molar-refractivity contribution in [3.8, 4) is 0 Å². The van der Waals surface area contributed by atoms with Gasteiger partial charge in [-0.25, -0.2) is 0 Å². The zero-order valence-corrected chi connectivity index (χ0v) is 12.9. The average molecular weight is 290 g/mol. The largest absolute Gasteiger partial charge is 0.289 e. The van der Waals surface area contributed by atoms with Crippen molar-refractivity contribution in [2.45, 2.75) is 38.0 Å². The zero-order chi connectivity index (χ0) is 15.2. The van der Waals surface area contributed by atoms with Gasteiger partial charge in [0.15, 0.2) is 5.78 Å². The minimum absolute atomic E-state index is 0.104. The van der Waals surface area contributed by atoms with Crippen molar-refractivity contribution in [1.82, 2.24) is 0 Å². The molecular weight excluding hydrogens is 268 g/mol. The first-order valence-corrected chi connectivity index (χ1v) is 8.19. The summed E-state index contributed by atoms with van der Waals surface area (Å²) < 4.78 is 0. The molecule has 1 aliphatic carbocycles. The molecule has 0 N–H and O–H groups in total. The molecule has 2 aromatic carbocycles. The molecule has 0 spiro atoms. The minimum Gasteiger partial charge on any atom is -0.289 e. The van der Waals surface area contributed by atoms with Crippen LogP contribution in [0.2, 0.25) is 0 Å². The fourth-order valence-electron chi connectivity index (χ4n) is 3.16. The normalized spacial score (nSPS) is 19.9. The van der Waals surface area contributed by atoms with Crippen molar-refractivity contribution in [1.29, 1.82) is 0 Å². The van der Waals surface area contributed by atoms with E-state index in [2.05, 4.69) is 24.3 Å². The Hall–Kier alpha value is -2.15. The molecule has 0 fully saturated rings. The fraction of sp³-hybridized carbons (Fsp3) is 0.286. The van der Waals surface area contributed by atoms with Crippen LogP contribution in [0.3, 0.4) is 0 Å². The molecule has 2 aromatic rings. The molecule has 3 rings (SSSR count). The SMILES string of the molecule is O=C(c1ccccc1)c1ccc(C2CC/C=C\CCC2)cc1. The minimum atomic E-state index is 0.104. The van der Waals surface area contributed by atoms with Crippen LogP contribution in [0.15, 0.2) is 66.7 Å². The van der Waals surface area contributed by atoms with Gasteiger partial charge in [-0.2, -0.15) is 0 Å². The summed E-state index contributed by atoms with van der Waals surface area (Å²) in [5.74, 6) is 0.735. The third-order valence-electron chi connectivity index (χ3n) is 4.45. The second-order valence-corrected chi connectivity index (χ2v) is 5.99. The Morgan fingerprint density at radius 3 is 2.23 bits per heavy atom. The summed E-state index contributed by atoms with van der Waals surface area (Å²) in [6.45, 7) is 0. The van der Waals surface area contributed by atoms with Crippen LogP contribution in [0.4, 0.5) is 0 Å². The van der Waals surface area contributed by atoms with Gasteiger partial charge in [-0.05, 0) is 43.6 Å². The van der Waals surface area contributed by atoms with Gasteiger partial charge >= 0.3 is 0 Å². The first-order chi connectivity index (χ1) is 10.8. The predicted octanol–water partition coefficient (Wildman–Crippen LogP) is 5.52. The molecule has 1 unspecified atom stereocenters. The third-order valence-corrected chi connectivity index (χ3v) is 4.45. The Balaban J connectivity index is 1.75. The molecule has 0 bridgehead atoms. The van der Waals surface area contributed by atoms with Gasteiger partial charge < -0.3 is 0 Å². The standard InChI is InChI=1S/C21H22O/c22-21(19-11-7-4-8-12-19)20-15-13-18(14-16-20)17-9-5-2-1-3-6-10-17/h1-2,4,7-8,11-17H,3,5-6,9-10H2/b2-1-. The molecule has 112 valence electrons. The molecule has 1 aliphatic rings. The molecule has 0 aromatic heterocycles. The lowest BCUT2D eigenvalue weighted by atomic mass is 9.87. The van der Waals surface area contributed by atoms with E-state index in [1.807, 2.05) is 42.5 Å². The second kappa shape index (κ2) is 7.22. The predicted molar refractivity (Wildman–Crippen MR) is 91.3 cm³/mol. The van der Waals surface area contributed by atoms with Gasteiger partial charge in [0.25, 0.3) is 0 Å². The molecule has 0 heterocycles. The van der Waals surface area contributed by atoms with Gasteiger partial charge in [0, 0.05) is 11.1 Å². The lowest BCUT2D eigenvalue weighted by Crippen LogP contribution is -2.03. The van der Waals surface area contributed by atoms with Gasteiger partial charge in [-0.15, -0.1) is 0 Å². The summed E-state index contributed by atoms with van der Waals surface area (Å²) in [6, 6.07) is 17.8. The highest BCUT2D eigenvalue weighted by atomic mass is 16.1. The Morgan fingerprint density at radius 2 is 1.45 bits per heavy atom. The number of ketones is 1. The molecule has 1 heteroatoms. The van der Waals surface area contributed by atoms with Crippen LogP contribution in [0, 0.1) is 0 Å². The topological polar surface area (TPSA) is 17.1 Å². The summed E-state index contributed by atoms with van der Waals surface area (Å²) in [5, 5.41) is 0. The molecule has 0 aliphatic heterocycles. The van der Waals surface area contributed by atoms with Gasteiger partial charge in [0.1, 0.15) is 0 Å². The molecule has 0 amide bonds. The van der Waals surface area contributed by atoms with Gasteiger partial charge in [-0.1, -0.05) is 66.7 Å². The van der Waals surface area contributed by atoms with E-state index in [1.165, 1.54) is 31.2 Å². The van der Waals surface area contributed by atoms with Crippen LogP contribution in [-0.2, 0) is 0 Å². The molecule has 1 nitrogen and oxygen atoms in total. The van der Waals surface area contributed by atoms with Crippen molar-refractivity contribution in [2.24, 2.45) is 0 Å². The monoisotopic (exact) mass is 290 g/mol. The maximum Gasteiger partial charge on any atom is 0.193 e. The first kappa shape index (κ1) is 14.8. The quantitative estimate of drug-likeness (QED) is 0.537. The summed E-state index contributed by atoms with van der Waals surface area (Å²) in [5.41, 5.74) is 2.91. The van der Waals surface area contributed by atoms with Crippen LogP contribution in [-0.4, -0.2) is 5.78 Å². The molecule has 22 heavy (non-hydrogen) atoms. The van der Waals surface area contributed by atoms with Crippen molar-refractivity contribution >= 4 is 5.78 Å². The van der Waals surface area contributed by atoms with Crippen LogP contribution in [0.5, 0.6) is 0 Å². The smallest absolute Gasteiger partial charge is 0.193 e. The molecular formula is C21H22O. The number of carbonyl (C=O) groups excluding carboxylic acids is 1. The maximum atomic E-state index is 12.4. The van der Waals surface area contributed by atoms with E-state index in [9.17, 15) is 4.79 Å². The van der Waals surface area contributed by atoms with E-state index < -0.39 is 0 Å². The van der Waals surface area contributed by atoms with Crippen molar-refractivity contribution in [3.05, 3.63) is 83.4 Å². The zero-order valence-electron chi connectivity index (χ0n) is 12.9. The first-order valence-electron chi connectivity index (χ1n) is 8.19. The summed E-state index contributed by atoms with van der Waals surface area (Å²) in [4.78, 5) is 12.4. The Labute approximate surface area is 132 Å². The molecule has 1 atom stereocenters. The van der Waals surface area contributed by atoms with Gasteiger partial charge in [-0.3, -0.25) is 4.79 Å². The van der Waals surface area contributed by atoms with E-state index in [1.54, 1.807) is 0 Å². The van der Waals surface area contributed by atoms with Crippen LogP contribution in [0.25, 0.3) is 0 Å². The van der Waals surface area contributed by atoms with Crippen molar-refractivity contribution < 1.29 is 4.79 Å². The lowest BCUT2D eigenvalue weighted by Gasteiger charge is -2.18. The number of carbonyl (C=O) groups is 1. The van der Waals surface area contributed by atoms with E-state index in [-0.39, 0.29) is 5.78 Å². The summed E-state index contributed by atoms with van der Waals surface area (Å²) in [7, 11) is 0. The van der Waals surface area contributed by atoms with Crippen LogP contribution >= 0.6 is 0 Å². The van der Waals surface area contributed by atoms with Gasteiger partial charge in [0.2, 0.25) is 0 Å². The lowest BCUT2D eigenvalue weighted by molar-refractivity contribution is 0.103. The summed E-state index contributed by atoms with van der Waals surface area (Å²) in [6.07, 6.45) is 10.7. The highest BCUT2D eigenvalue weighted by molar-refractivity contribution is 6.08. The molecule has 0 radical (unpaired) electrons.